The summed E-state index contributed by atoms with van der Waals surface area (Å²) in [6.45, 7) is -0.261. The van der Waals surface area contributed by atoms with Gasteiger partial charge in [-0.3, -0.25) is 0 Å². The number of hydrogen-bond acceptors (Lipinski definition) is 5. The number of aliphatic hydroxyl groups is 2. The minimum Gasteiger partial charge on any atom is -0.394 e. The van der Waals surface area contributed by atoms with Crippen LogP contribution in [-0.2, 0) is 0 Å². The molecule has 17 heavy (non-hydrogen) atoms. The molecule has 0 aromatic heterocycles. The third-order valence-electron chi connectivity index (χ3n) is 2.50. The van der Waals surface area contributed by atoms with E-state index in [1.165, 1.54) is 15.3 Å². The molecule has 0 amide bonds. The summed E-state index contributed by atoms with van der Waals surface area (Å²) in [7, 11) is 0. The van der Waals surface area contributed by atoms with Gasteiger partial charge in [0.1, 0.15) is 5.54 Å². The molecule has 1 aliphatic rings. The van der Waals surface area contributed by atoms with Crippen LogP contribution in [0.15, 0.2) is 29.3 Å². The van der Waals surface area contributed by atoms with Crippen LogP contribution in [0.4, 0.5) is 5.69 Å². The summed E-state index contributed by atoms with van der Waals surface area (Å²) in [6.07, 6.45) is 0. The topological polar surface area (TPSA) is 64.8 Å². The zero-order valence-corrected chi connectivity index (χ0v) is 12.0. The first-order valence-electron chi connectivity index (χ1n) is 5.14. The van der Waals surface area contributed by atoms with Crippen LogP contribution in [-0.4, -0.2) is 39.9 Å². The van der Waals surface area contributed by atoms with Gasteiger partial charge in [0.25, 0.3) is 0 Å². The van der Waals surface area contributed by atoms with Gasteiger partial charge in [-0.2, -0.15) is 0 Å². The average molecular weight is 364 g/mol. The van der Waals surface area contributed by atoms with Gasteiger partial charge in [0.15, 0.2) is 5.17 Å². The van der Waals surface area contributed by atoms with Crippen LogP contribution >= 0.6 is 34.4 Å². The van der Waals surface area contributed by atoms with E-state index in [4.69, 9.17) is 0 Å². The Balaban J connectivity index is 2.08. The van der Waals surface area contributed by atoms with Crippen LogP contribution in [0.5, 0.6) is 0 Å². The fourth-order valence-electron chi connectivity index (χ4n) is 1.42. The number of aliphatic imine (C=N–C) groups is 1. The van der Waals surface area contributed by atoms with Gasteiger partial charge in [0, 0.05) is 15.0 Å². The number of halogens is 1. The first-order chi connectivity index (χ1) is 8.17. The molecule has 0 saturated carbocycles. The number of benzene rings is 1. The Bertz CT molecular complexity index is 418. The van der Waals surface area contributed by atoms with Gasteiger partial charge in [-0.05, 0) is 46.9 Å². The predicted molar refractivity (Wildman–Crippen MR) is 79.6 cm³/mol. The Morgan fingerprint density at radius 2 is 1.94 bits per heavy atom. The maximum Gasteiger partial charge on any atom is 0.161 e. The van der Waals surface area contributed by atoms with Crippen LogP contribution in [0.2, 0.25) is 0 Å². The van der Waals surface area contributed by atoms with E-state index in [0.717, 1.165) is 10.9 Å². The van der Waals surface area contributed by atoms with E-state index in [2.05, 4.69) is 32.9 Å². The van der Waals surface area contributed by atoms with Gasteiger partial charge in [0.05, 0.1) is 13.2 Å². The molecule has 2 rings (SSSR count). The van der Waals surface area contributed by atoms with E-state index in [0.29, 0.717) is 5.75 Å². The lowest BCUT2D eigenvalue weighted by Gasteiger charge is -2.18. The normalized spacial score (nSPS) is 17.9. The summed E-state index contributed by atoms with van der Waals surface area (Å²) in [5.74, 6) is 0.604. The second kappa shape index (κ2) is 5.55. The number of nitrogens with zero attached hydrogens (tertiary/aromatic N) is 1. The molecule has 0 bridgehead atoms. The fourth-order valence-corrected chi connectivity index (χ4v) is 2.88. The van der Waals surface area contributed by atoms with Crippen molar-refractivity contribution in [2.75, 3.05) is 24.3 Å². The number of nitrogens with one attached hydrogen (secondary N) is 1. The number of thioether (sulfide) groups is 1. The second-order valence-corrected chi connectivity index (χ2v) is 6.09. The van der Waals surface area contributed by atoms with E-state index in [1.807, 2.05) is 24.3 Å². The van der Waals surface area contributed by atoms with Crippen LogP contribution in [0.25, 0.3) is 0 Å². The standard InChI is InChI=1S/C11H13IN2O2S/c12-8-1-3-9(4-2-8)13-10-14-11(5-15,6-16)7-17-10/h1-4,15-16H,5-7H2,(H,13,14). The smallest absolute Gasteiger partial charge is 0.161 e. The zero-order valence-electron chi connectivity index (χ0n) is 9.06. The minimum atomic E-state index is -0.726. The molecular formula is C11H13IN2O2S. The molecule has 0 fully saturated rings. The molecule has 0 unspecified atom stereocenters. The van der Waals surface area contributed by atoms with Crippen LogP contribution in [0, 0.1) is 3.57 Å². The van der Waals surface area contributed by atoms with Crippen molar-refractivity contribution in [3.05, 3.63) is 27.8 Å². The maximum atomic E-state index is 9.23. The second-order valence-electron chi connectivity index (χ2n) is 3.88. The molecule has 0 atom stereocenters. The highest BCUT2D eigenvalue weighted by Gasteiger charge is 2.34. The number of aliphatic hydroxyl groups excluding tert-OH is 2. The Kier molecular flexibility index (Phi) is 4.29. The quantitative estimate of drug-likeness (QED) is 0.712. The minimum absolute atomic E-state index is 0.131. The SMILES string of the molecule is OCC1(CO)CSC(Nc2ccc(I)cc2)=N1. The Morgan fingerprint density at radius 1 is 1.29 bits per heavy atom. The van der Waals surface area contributed by atoms with Crippen molar-refractivity contribution in [1.29, 1.82) is 0 Å². The van der Waals surface area contributed by atoms with Crippen molar-refractivity contribution in [2.45, 2.75) is 5.54 Å². The van der Waals surface area contributed by atoms with Gasteiger partial charge in [-0.1, -0.05) is 11.8 Å². The van der Waals surface area contributed by atoms with Crippen molar-refractivity contribution >= 4 is 45.2 Å². The van der Waals surface area contributed by atoms with Gasteiger partial charge in [-0.15, -0.1) is 0 Å². The summed E-state index contributed by atoms with van der Waals surface area (Å²) >= 11 is 3.76. The van der Waals surface area contributed by atoms with Gasteiger partial charge in [0.2, 0.25) is 0 Å². The van der Waals surface area contributed by atoms with E-state index in [-0.39, 0.29) is 13.2 Å². The lowest BCUT2D eigenvalue weighted by Crippen LogP contribution is -2.36. The van der Waals surface area contributed by atoms with Crippen LogP contribution in [0.1, 0.15) is 0 Å². The Morgan fingerprint density at radius 3 is 2.47 bits per heavy atom. The zero-order chi connectivity index (χ0) is 12.3. The molecule has 0 saturated heterocycles. The van der Waals surface area contributed by atoms with Crippen LogP contribution < -0.4 is 5.32 Å². The lowest BCUT2D eigenvalue weighted by atomic mass is 10.1. The molecule has 0 spiro atoms. The monoisotopic (exact) mass is 364 g/mol. The maximum absolute atomic E-state index is 9.23. The molecule has 92 valence electrons. The summed E-state index contributed by atoms with van der Waals surface area (Å²) in [5, 5.41) is 22.4. The predicted octanol–water partition coefficient (Wildman–Crippen LogP) is 1.53. The molecule has 1 aliphatic heterocycles. The van der Waals surface area contributed by atoms with Crippen molar-refractivity contribution < 1.29 is 10.2 Å². The Labute approximate surface area is 118 Å². The van der Waals surface area contributed by atoms with Crippen molar-refractivity contribution in [2.24, 2.45) is 4.99 Å². The van der Waals surface area contributed by atoms with Crippen molar-refractivity contribution in [1.82, 2.24) is 0 Å². The number of anilines is 1. The van der Waals surface area contributed by atoms with Crippen LogP contribution in [0.3, 0.4) is 0 Å². The highest BCUT2D eigenvalue weighted by Crippen LogP contribution is 2.28. The summed E-state index contributed by atoms with van der Waals surface area (Å²) in [4.78, 5) is 4.34. The molecule has 0 aliphatic carbocycles. The molecule has 6 heteroatoms. The highest BCUT2D eigenvalue weighted by molar-refractivity contribution is 14.1. The molecule has 0 radical (unpaired) electrons. The van der Waals surface area contributed by atoms with E-state index in [9.17, 15) is 10.2 Å². The van der Waals surface area contributed by atoms with Crippen molar-refractivity contribution in [3.8, 4) is 0 Å². The number of amidine groups is 1. The lowest BCUT2D eigenvalue weighted by molar-refractivity contribution is 0.140. The molecule has 1 aromatic rings. The Hall–Kier alpha value is -0.310. The number of hydrogen-bond donors (Lipinski definition) is 3. The van der Waals surface area contributed by atoms with Gasteiger partial charge in [-0.25, -0.2) is 4.99 Å². The van der Waals surface area contributed by atoms with Gasteiger partial charge >= 0.3 is 0 Å². The van der Waals surface area contributed by atoms with Crippen molar-refractivity contribution in [3.63, 3.8) is 0 Å². The summed E-state index contributed by atoms with van der Waals surface area (Å²) < 4.78 is 1.18. The molecule has 1 aromatic carbocycles. The van der Waals surface area contributed by atoms with E-state index >= 15 is 0 Å². The largest absolute Gasteiger partial charge is 0.394 e. The molecular weight excluding hydrogens is 351 g/mol. The average Bonchev–Trinajstić information content (AvgIpc) is 2.76. The number of rotatable bonds is 3. The van der Waals surface area contributed by atoms with E-state index < -0.39 is 5.54 Å². The highest BCUT2D eigenvalue weighted by atomic mass is 127. The fraction of sp³-hybridized carbons (Fsp3) is 0.364. The third-order valence-corrected chi connectivity index (χ3v) is 4.37. The molecule has 3 N–H and O–H groups in total. The molecule has 1 heterocycles. The molecule has 4 nitrogen and oxygen atoms in total. The first kappa shape index (κ1) is 13.1. The third kappa shape index (κ3) is 3.12. The van der Waals surface area contributed by atoms with Gasteiger partial charge < -0.3 is 15.5 Å². The van der Waals surface area contributed by atoms with E-state index in [1.54, 1.807) is 0 Å². The summed E-state index contributed by atoms with van der Waals surface area (Å²) in [6, 6.07) is 7.97. The first-order valence-corrected chi connectivity index (χ1v) is 7.21. The summed E-state index contributed by atoms with van der Waals surface area (Å²) in [5.41, 5.74) is 0.235.